The molecule has 3 rings (SSSR count). The third-order valence-electron chi connectivity index (χ3n) is 4.24. The molecule has 0 radical (unpaired) electrons. The lowest BCUT2D eigenvalue weighted by molar-refractivity contribution is 0.297. The van der Waals surface area contributed by atoms with Gasteiger partial charge < -0.3 is 20.5 Å². The molecule has 0 saturated heterocycles. The minimum atomic E-state index is 0. The summed E-state index contributed by atoms with van der Waals surface area (Å²) < 4.78 is 11.3. The largest absolute Gasteiger partial charge is 0.490 e. The van der Waals surface area contributed by atoms with E-state index >= 15 is 0 Å². The predicted molar refractivity (Wildman–Crippen MR) is 112 cm³/mol. The molecule has 6 nitrogen and oxygen atoms in total. The van der Waals surface area contributed by atoms with Gasteiger partial charge in [0.05, 0.1) is 19.8 Å². The van der Waals surface area contributed by atoms with Gasteiger partial charge in [-0.15, -0.1) is 24.0 Å². The second kappa shape index (κ2) is 9.86. The van der Waals surface area contributed by atoms with Gasteiger partial charge >= 0.3 is 0 Å². The number of ether oxygens (including phenoxy) is 2. The van der Waals surface area contributed by atoms with Crippen LogP contribution >= 0.6 is 24.0 Å². The van der Waals surface area contributed by atoms with E-state index in [0.29, 0.717) is 25.7 Å². The van der Waals surface area contributed by atoms with Crippen molar-refractivity contribution in [3.63, 3.8) is 0 Å². The molecule has 0 aliphatic carbocycles. The van der Waals surface area contributed by atoms with Gasteiger partial charge in [0.1, 0.15) is 0 Å². The van der Waals surface area contributed by atoms with Gasteiger partial charge in [0.15, 0.2) is 17.5 Å². The summed E-state index contributed by atoms with van der Waals surface area (Å²) in [6, 6.07) is 5.73. The Morgan fingerprint density at radius 3 is 2.84 bits per heavy atom. The minimum Gasteiger partial charge on any atom is -0.490 e. The average molecular weight is 458 g/mol. The first-order chi connectivity index (χ1) is 11.7. The van der Waals surface area contributed by atoms with Gasteiger partial charge in [-0.25, -0.2) is 0 Å². The first kappa shape index (κ1) is 19.8. The van der Waals surface area contributed by atoms with Crippen LogP contribution in [0.5, 0.6) is 11.5 Å². The van der Waals surface area contributed by atoms with Crippen LogP contribution in [-0.2, 0) is 0 Å². The standard InChI is InChI=1S/C18H26N4O2.HI/c1-14-5-8-22(9-6-14)10-7-20-18(19)21-15-3-4-16-17(13-15)24-12-2-11-23-16;/h3-5,13H,2,6-12H2,1H3,(H3,19,20,21);1H. The number of hydrogen-bond donors (Lipinski definition) is 2. The van der Waals surface area contributed by atoms with Crippen molar-refractivity contribution in [2.45, 2.75) is 19.8 Å². The number of rotatable bonds is 4. The molecule has 2 aliphatic heterocycles. The number of halogens is 1. The van der Waals surface area contributed by atoms with E-state index in [1.54, 1.807) is 0 Å². The van der Waals surface area contributed by atoms with E-state index in [4.69, 9.17) is 15.2 Å². The number of aliphatic imine (C=N–C) groups is 1. The second-order valence-electron chi connectivity index (χ2n) is 6.21. The van der Waals surface area contributed by atoms with Crippen molar-refractivity contribution >= 4 is 35.6 Å². The lowest BCUT2D eigenvalue weighted by Gasteiger charge is -2.24. The number of anilines is 1. The first-order valence-electron chi connectivity index (χ1n) is 8.55. The molecule has 0 amide bonds. The summed E-state index contributed by atoms with van der Waals surface area (Å²) in [6.45, 7) is 7.28. The van der Waals surface area contributed by atoms with Gasteiger partial charge in [-0.3, -0.25) is 9.89 Å². The summed E-state index contributed by atoms with van der Waals surface area (Å²) in [5.74, 6) is 1.95. The van der Waals surface area contributed by atoms with Crippen LogP contribution in [0.1, 0.15) is 19.8 Å². The second-order valence-corrected chi connectivity index (χ2v) is 6.21. The minimum absolute atomic E-state index is 0. The average Bonchev–Trinajstić information content (AvgIpc) is 2.81. The zero-order valence-corrected chi connectivity index (χ0v) is 17.0. The highest BCUT2D eigenvalue weighted by Crippen LogP contribution is 2.32. The molecule has 0 bridgehead atoms. The fourth-order valence-corrected chi connectivity index (χ4v) is 2.76. The number of guanidine groups is 1. The number of nitrogens with zero attached hydrogens (tertiary/aromatic N) is 2. The SMILES string of the molecule is CC1=CCN(CCN=C(N)Nc2ccc3c(c2)OCCCO3)CC1.I. The van der Waals surface area contributed by atoms with Crippen LogP contribution in [-0.4, -0.2) is 50.3 Å². The van der Waals surface area contributed by atoms with Crippen molar-refractivity contribution < 1.29 is 9.47 Å². The molecular formula is C18H27IN4O2. The van der Waals surface area contributed by atoms with Gasteiger partial charge in [0, 0.05) is 37.8 Å². The van der Waals surface area contributed by atoms with Gasteiger partial charge in [-0.1, -0.05) is 11.6 Å². The van der Waals surface area contributed by atoms with E-state index in [2.05, 4.69) is 28.2 Å². The molecule has 25 heavy (non-hydrogen) atoms. The van der Waals surface area contributed by atoms with Crippen molar-refractivity contribution in [2.75, 3.05) is 44.7 Å². The number of fused-ring (bicyclic) bond motifs is 1. The molecular weight excluding hydrogens is 431 g/mol. The molecule has 3 N–H and O–H groups in total. The van der Waals surface area contributed by atoms with Gasteiger partial charge in [-0.2, -0.15) is 0 Å². The van der Waals surface area contributed by atoms with Gasteiger partial charge in [0.25, 0.3) is 0 Å². The highest BCUT2D eigenvalue weighted by molar-refractivity contribution is 14.0. The monoisotopic (exact) mass is 458 g/mol. The van der Waals surface area contributed by atoms with Crippen molar-refractivity contribution in [1.82, 2.24) is 4.90 Å². The fraction of sp³-hybridized carbons (Fsp3) is 0.500. The summed E-state index contributed by atoms with van der Waals surface area (Å²) in [4.78, 5) is 6.80. The predicted octanol–water partition coefficient (Wildman–Crippen LogP) is 2.84. The van der Waals surface area contributed by atoms with Crippen molar-refractivity contribution in [1.29, 1.82) is 0 Å². The molecule has 7 heteroatoms. The van der Waals surface area contributed by atoms with E-state index in [1.807, 2.05) is 18.2 Å². The zero-order chi connectivity index (χ0) is 16.8. The maximum absolute atomic E-state index is 5.99. The molecule has 0 fully saturated rings. The first-order valence-corrected chi connectivity index (χ1v) is 8.55. The van der Waals surface area contributed by atoms with Crippen LogP contribution < -0.4 is 20.5 Å². The van der Waals surface area contributed by atoms with Crippen LogP contribution in [0.25, 0.3) is 0 Å². The van der Waals surface area contributed by atoms with Gasteiger partial charge in [0.2, 0.25) is 0 Å². The molecule has 1 aromatic rings. The van der Waals surface area contributed by atoms with Crippen LogP contribution in [0.2, 0.25) is 0 Å². The van der Waals surface area contributed by atoms with E-state index in [-0.39, 0.29) is 24.0 Å². The van der Waals surface area contributed by atoms with Crippen molar-refractivity contribution in [2.24, 2.45) is 10.7 Å². The highest BCUT2D eigenvalue weighted by Gasteiger charge is 2.11. The molecule has 2 aliphatic rings. The Morgan fingerprint density at radius 2 is 2.08 bits per heavy atom. The number of nitrogens with two attached hydrogens (primary N) is 1. The molecule has 0 saturated carbocycles. The Balaban J connectivity index is 0.00000225. The van der Waals surface area contributed by atoms with Crippen LogP contribution in [0.4, 0.5) is 5.69 Å². The van der Waals surface area contributed by atoms with Crippen molar-refractivity contribution in [3.8, 4) is 11.5 Å². The van der Waals surface area contributed by atoms with E-state index < -0.39 is 0 Å². The molecule has 2 heterocycles. The zero-order valence-electron chi connectivity index (χ0n) is 14.7. The maximum Gasteiger partial charge on any atom is 0.193 e. The summed E-state index contributed by atoms with van der Waals surface area (Å²) in [6.07, 6.45) is 4.33. The van der Waals surface area contributed by atoms with Crippen molar-refractivity contribution in [3.05, 3.63) is 29.8 Å². The number of nitrogens with one attached hydrogen (secondary N) is 1. The van der Waals surface area contributed by atoms with Gasteiger partial charge in [-0.05, 0) is 25.5 Å². The Morgan fingerprint density at radius 1 is 1.28 bits per heavy atom. The number of benzene rings is 1. The normalized spacial score (nSPS) is 18.0. The Bertz CT molecular complexity index is 634. The smallest absolute Gasteiger partial charge is 0.193 e. The molecule has 0 unspecified atom stereocenters. The molecule has 0 atom stereocenters. The van der Waals surface area contributed by atoms with E-state index in [0.717, 1.165) is 49.7 Å². The van der Waals surface area contributed by atoms with Crippen LogP contribution in [0.15, 0.2) is 34.8 Å². The Labute approximate surface area is 166 Å². The quantitative estimate of drug-likeness (QED) is 0.314. The third-order valence-corrected chi connectivity index (χ3v) is 4.24. The topological polar surface area (TPSA) is 72.1 Å². The summed E-state index contributed by atoms with van der Waals surface area (Å²) in [7, 11) is 0. The summed E-state index contributed by atoms with van der Waals surface area (Å²) >= 11 is 0. The Hall–Kier alpha value is -1.48. The van der Waals surface area contributed by atoms with Crippen LogP contribution in [0.3, 0.4) is 0 Å². The fourth-order valence-electron chi connectivity index (χ4n) is 2.76. The lowest BCUT2D eigenvalue weighted by atomic mass is 10.1. The summed E-state index contributed by atoms with van der Waals surface area (Å²) in [5.41, 5.74) is 8.32. The van der Waals surface area contributed by atoms with E-state index in [1.165, 1.54) is 5.57 Å². The molecule has 138 valence electrons. The molecule has 0 aromatic heterocycles. The molecule has 0 spiro atoms. The summed E-state index contributed by atoms with van der Waals surface area (Å²) in [5, 5.41) is 3.12. The third kappa shape index (κ3) is 6.07. The molecule has 1 aromatic carbocycles. The Kier molecular flexibility index (Phi) is 7.83. The van der Waals surface area contributed by atoms with E-state index in [9.17, 15) is 0 Å². The highest BCUT2D eigenvalue weighted by atomic mass is 127. The number of hydrogen-bond acceptors (Lipinski definition) is 4. The lowest BCUT2D eigenvalue weighted by Crippen LogP contribution is -2.32. The van der Waals surface area contributed by atoms with Crippen LogP contribution in [0, 0.1) is 0 Å². The maximum atomic E-state index is 5.99.